The van der Waals surface area contributed by atoms with Crippen LogP contribution in [-0.2, 0) is 4.79 Å². The van der Waals surface area contributed by atoms with Gasteiger partial charge >= 0.3 is 5.97 Å². The summed E-state index contributed by atoms with van der Waals surface area (Å²) in [7, 11) is 0. The van der Waals surface area contributed by atoms with E-state index in [-0.39, 0.29) is 6.04 Å². The van der Waals surface area contributed by atoms with Crippen molar-refractivity contribution in [3.63, 3.8) is 0 Å². The fraction of sp³-hybridized carbons (Fsp3) is 0.933. The van der Waals surface area contributed by atoms with Gasteiger partial charge in [0.25, 0.3) is 0 Å². The van der Waals surface area contributed by atoms with Gasteiger partial charge in [0.15, 0.2) is 0 Å². The molecule has 1 heterocycles. The molecule has 0 aromatic rings. The molecular formula is C15H27NO2. The highest BCUT2D eigenvalue weighted by molar-refractivity contribution is 5.67. The average molecular weight is 253 g/mol. The Balaban J connectivity index is 2.08. The molecule has 0 amide bonds. The third kappa shape index (κ3) is 3.05. The van der Waals surface area contributed by atoms with Crippen molar-refractivity contribution in [2.24, 2.45) is 11.8 Å². The number of rotatable bonds is 3. The van der Waals surface area contributed by atoms with Crippen molar-refractivity contribution in [1.29, 1.82) is 0 Å². The summed E-state index contributed by atoms with van der Waals surface area (Å²) >= 11 is 0. The Morgan fingerprint density at radius 2 is 1.78 bits per heavy atom. The Labute approximate surface area is 111 Å². The number of carboxylic acids is 1. The Bertz CT molecular complexity index is 282. The van der Waals surface area contributed by atoms with Crippen LogP contribution in [0, 0.1) is 11.8 Å². The first-order valence-electron chi connectivity index (χ1n) is 7.57. The van der Waals surface area contributed by atoms with E-state index in [9.17, 15) is 4.79 Å². The predicted molar refractivity (Wildman–Crippen MR) is 72.6 cm³/mol. The van der Waals surface area contributed by atoms with E-state index in [1.165, 1.54) is 32.1 Å². The summed E-state index contributed by atoms with van der Waals surface area (Å²) < 4.78 is 0. The number of carboxylic acid groups (broad SMARTS) is 1. The maximum atomic E-state index is 11.0. The summed E-state index contributed by atoms with van der Waals surface area (Å²) in [5, 5.41) is 9.09. The second-order valence-corrected chi connectivity index (χ2v) is 6.36. The standard InChI is InChI=1S/C15H27NO2/c1-11-6-5-7-12(2)15(11)16-9-4-3-8-13(16)10-14(17)18/h11-13,15H,3-10H2,1-2H3,(H,17,18). The maximum absolute atomic E-state index is 11.0. The van der Waals surface area contributed by atoms with Crippen LogP contribution in [0.4, 0.5) is 0 Å². The number of likely N-dealkylation sites (tertiary alicyclic amines) is 1. The lowest BCUT2D eigenvalue weighted by molar-refractivity contribution is -0.139. The highest BCUT2D eigenvalue weighted by Crippen LogP contribution is 2.36. The topological polar surface area (TPSA) is 40.5 Å². The summed E-state index contributed by atoms with van der Waals surface area (Å²) in [6, 6.07) is 0.896. The van der Waals surface area contributed by atoms with Crippen molar-refractivity contribution in [2.75, 3.05) is 6.54 Å². The molecule has 0 aromatic heterocycles. The minimum absolute atomic E-state index is 0.282. The van der Waals surface area contributed by atoms with Crippen LogP contribution in [0.5, 0.6) is 0 Å². The Kier molecular flexibility index (Phi) is 4.66. The van der Waals surface area contributed by atoms with Crippen molar-refractivity contribution in [3.8, 4) is 0 Å². The summed E-state index contributed by atoms with van der Waals surface area (Å²) in [4.78, 5) is 13.6. The molecule has 1 aliphatic heterocycles. The summed E-state index contributed by atoms with van der Waals surface area (Å²) in [6.45, 7) is 5.82. The molecule has 2 rings (SSSR count). The van der Waals surface area contributed by atoms with Gasteiger partial charge in [-0.3, -0.25) is 9.69 Å². The van der Waals surface area contributed by atoms with E-state index in [0.29, 0.717) is 12.5 Å². The van der Waals surface area contributed by atoms with Gasteiger partial charge in [-0.1, -0.05) is 26.7 Å². The lowest BCUT2D eigenvalue weighted by atomic mass is 9.76. The molecule has 0 bridgehead atoms. The average Bonchev–Trinajstić information content (AvgIpc) is 2.30. The van der Waals surface area contributed by atoms with Crippen LogP contribution in [0.15, 0.2) is 0 Å². The Hall–Kier alpha value is -0.570. The largest absolute Gasteiger partial charge is 0.481 e. The highest BCUT2D eigenvalue weighted by atomic mass is 16.4. The van der Waals surface area contributed by atoms with Crippen LogP contribution in [0.2, 0.25) is 0 Å². The van der Waals surface area contributed by atoms with E-state index in [1.807, 2.05) is 0 Å². The van der Waals surface area contributed by atoms with Gasteiger partial charge in [0.2, 0.25) is 0 Å². The van der Waals surface area contributed by atoms with E-state index in [0.717, 1.165) is 24.8 Å². The molecule has 3 atom stereocenters. The molecule has 0 radical (unpaired) electrons. The van der Waals surface area contributed by atoms with Crippen LogP contribution in [0.1, 0.15) is 58.8 Å². The van der Waals surface area contributed by atoms with Crippen LogP contribution in [0.25, 0.3) is 0 Å². The molecule has 1 N–H and O–H groups in total. The monoisotopic (exact) mass is 253 g/mol. The maximum Gasteiger partial charge on any atom is 0.304 e. The number of hydrogen-bond acceptors (Lipinski definition) is 2. The van der Waals surface area contributed by atoms with Gasteiger partial charge in [-0.25, -0.2) is 0 Å². The van der Waals surface area contributed by atoms with E-state index in [4.69, 9.17) is 5.11 Å². The summed E-state index contributed by atoms with van der Waals surface area (Å²) in [6.07, 6.45) is 7.81. The predicted octanol–water partition coefficient (Wildman–Crippen LogP) is 3.14. The molecule has 3 heteroatoms. The molecule has 0 spiro atoms. The molecule has 18 heavy (non-hydrogen) atoms. The molecular weight excluding hydrogens is 226 g/mol. The van der Waals surface area contributed by atoms with Crippen LogP contribution >= 0.6 is 0 Å². The molecule has 3 nitrogen and oxygen atoms in total. The number of carbonyl (C=O) groups is 1. The van der Waals surface area contributed by atoms with Crippen LogP contribution < -0.4 is 0 Å². The molecule has 1 aliphatic carbocycles. The third-order valence-corrected chi connectivity index (χ3v) is 4.95. The molecule has 0 aromatic carbocycles. The first kappa shape index (κ1) is 13.9. The first-order chi connectivity index (χ1) is 8.59. The van der Waals surface area contributed by atoms with Gasteiger partial charge in [-0.15, -0.1) is 0 Å². The fourth-order valence-corrected chi connectivity index (χ4v) is 4.15. The van der Waals surface area contributed by atoms with E-state index in [2.05, 4.69) is 18.7 Å². The van der Waals surface area contributed by atoms with Crippen molar-refractivity contribution < 1.29 is 9.90 Å². The van der Waals surface area contributed by atoms with Gasteiger partial charge in [-0.05, 0) is 44.1 Å². The van der Waals surface area contributed by atoms with Crippen molar-refractivity contribution in [1.82, 2.24) is 4.90 Å². The van der Waals surface area contributed by atoms with E-state index < -0.39 is 5.97 Å². The normalized spacial score (nSPS) is 38.6. The minimum Gasteiger partial charge on any atom is -0.481 e. The van der Waals surface area contributed by atoms with Gasteiger partial charge in [0.1, 0.15) is 0 Å². The lowest BCUT2D eigenvalue weighted by Gasteiger charge is -2.48. The smallest absolute Gasteiger partial charge is 0.304 e. The van der Waals surface area contributed by atoms with E-state index in [1.54, 1.807) is 0 Å². The SMILES string of the molecule is CC1CCCC(C)C1N1CCCCC1CC(=O)O. The van der Waals surface area contributed by atoms with Gasteiger partial charge < -0.3 is 5.11 Å². The minimum atomic E-state index is -0.636. The zero-order valence-electron chi connectivity index (χ0n) is 11.8. The van der Waals surface area contributed by atoms with Gasteiger partial charge in [-0.2, -0.15) is 0 Å². The van der Waals surface area contributed by atoms with Gasteiger partial charge in [0.05, 0.1) is 6.42 Å². The molecule has 1 saturated heterocycles. The highest BCUT2D eigenvalue weighted by Gasteiger charge is 2.37. The Morgan fingerprint density at radius 1 is 1.11 bits per heavy atom. The Morgan fingerprint density at radius 3 is 2.39 bits per heavy atom. The van der Waals surface area contributed by atoms with Crippen molar-refractivity contribution in [3.05, 3.63) is 0 Å². The van der Waals surface area contributed by atoms with E-state index >= 15 is 0 Å². The summed E-state index contributed by atoms with van der Waals surface area (Å²) in [5.41, 5.74) is 0. The number of hydrogen-bond donors (Lipinski definition) is 1. The van der Waals surface area contributed by atoms with Crippen molar-refractivity contribution in [2.45, 2.75) is 70.9 Å². The molecule has 2 aliphatic rings. The molecule has 3 unspecified atom stereocenters. The summed E-state index contributed by atoms with van der Waals surface area (Å²) in [5.74, 6) is 0.814. The first-order valence-corrected chi connectivity index (χ1v) is 7.57. The zero-order chi connectivity index (χ0) is 13.1. The quantitative estimate of drug-likeness (QED) is 0.840. The lowest BCUT2D eigenvalue weighted by Crippen LogP contribution is -2.53. The third-order valence-electron chi connectivity index (χ3n) is 4.95. The second-order valence-electron chi connectivity index (χ2n) is 6.36. The molecule has 2 fully saturated rings. The van der Waals surface area contributed by atoms with Crippen LogP contribution in [-0.4, -0.2) is 34.6 Å². The van der Waals surface area contributed by atoms with Crippen molar-refractivity contribution >= 4 is 5.97 Å². The van der Waals surface area contributed by atoms with Gasteiger partial charge in [0, 0.05) is 12.1 Å². The zero-order valence-corrected chi connectivity index (χ0v) is 11.8. The van der Waals surface area contributed by atoms with Crippen LogP contribution in [0.3, 0.4) is 0 Å². The number of aliphatic carboxylic acids is 1. The fourth-order valence-electron chi connectivity index (χ4n) is 4.15. The molecule has 104 valence electrons. The number of nitrogens with zero attached hydrogens (tertiary/aromatic N) is 1. The molecule has 1 saturated carbocycles. The second kappa shape index (κ2) is 6.05. The number of piperidine rings is 1.